The fourth-order valence-corrected chi connectivity index (χ4v) is 3.32. The van der Waals surface area contributed by atoms with E-state index in [1.54, 1.807) is 11.3 Å². The molecule has 1 aliphatic carbocycles. The third-order valence-corrected chi connectivity index (χ3v) is 4.51. The SMILES string of the molecule is COC(=O)CC(NC1CCCCC1)c1cccs1. The maximum absolute atomic E-state index is 11.5. The zero-order valence-corrected chi connectivity index (χ0v) is 11.7. The highest BCUT2D eigenvalue weighted by molar-refractivity contribution is 7.10. The average Bonchev–Trinajstić information content (AvgIpc) is 2.93. The van der Waals surface area contributed by atoms with Crippen LogP contribution in [-0.4, -0.2) is 19.1 Å². The second-order valence-corrected chi connectivity index (χ2v) is 5.83. The van der Waals surface area contributed by atoms with Crippen LogP contribution >= 0.6 is 11.3 Å². The van der Waals surface area contributed by atoms with Gasteiger partial charge in [0.1, 0.15) is 0 Å². The van der Waals surface area contributed by atoms with Gasteiger partial charge >= 0.3 is 5.97 Å². The van der Waals surface area contributed by atoms with E-state index in [1.807, 2.05) is 6.07 Å². The Balaban J connectivity index is 1.97. The van der Waals surface area contributed by atoms with E-state index in [9.17, 15) is 4.79 Å². The molecular formula is C14H21NO2S. The van der Waals surface area contributed by atoms with Crippen molar-refractivity contribution < 1.29 is 9.53 Å². The van der Waals surface area contributed by atoms with Crippen LogP contribution in [0.4, 0.5) is 0 Å². The zero-order valence-electron chi connectivity index (χ0n) is 10.9. The Morgan fingerprint density at radius 1 is 1.50 bits per heavy atom. The molecule has 0 saturated heterocycles. The summed E-state index contributed by atoms with van der Waals surface area (Å²) in [6, 6.07) is 4.79. The largest absolute Gasteiger partial charge is 0.469 e. The molecule has 2 rings (SSSR count). The van der Waals surface area contributed by atoms with Crippen LogP contribution in [0.2, 0.25) is 0 Å². The number of nitrogens with one attached hydrogen (secondary N) is 1. The first-order valence-corrected chi connectivity index (χ1v) is 7.54. The summed E-state index contributed by atoms with van der Waals surface area (Å²) in [4.78, 5) is 12.7. The van der Waals surface area contributed by atoms with Crippen molar-refractivity contribution in [2.45, 2.75) is 50.6 Å². The highest BCUT2D eigenvalue weighted by atomic mass is 32.1. The van der Waals surface area contributed by atoms with Crippen LogP contribution in [-0.2, 0) is 9.53 Å². The average molecular weight is 267 g/mol. The first-order chi connectivity index (χ1) is 8.79. The third-order valence-electron chi connectivity index (χ3n) is 3.53. The number of hydrogen-bond donors (Lipinski definition) is 1. The molecule has 1 fully saturated rings. The highest BCUT2D eigenvalue weighted by Crippen LogP contribution is 2.26. The molecule has 1 heterocycles. The fraction of sp³-hybridized carbons (Fsp3) is 0.643. The molecule has 1 unspecified atom stereocenters. The summed E-state index contributed by atoms with van der Waals surface area (Å²) in [7, 11) is 1.45. The van der Waals surface area contributed by atoms with Crippen LogP contribution in [0.25, 0.3) is 0 Å². The number of ether oxygens (including phenoxy) is 1. The van der Waals surface area contributed by atoms with Crippen LogP contribution in [0.1, 0.15) is 49.4 Å². The van der Waals surface area contributed by atoms with Gasteiger partial charge < -0.3 is 10.1 Å². The van der Waals surface area contributed by atoms with Gasteiger partial charge in [0.25, 0.3) is 0 Å². The predicted octanol–water partition coefficient (Wildman–Crippen LogP) is 3.27. The van der Waals surface area contributed by atoms with Gasteiger partial charge in [-0.15, -0.1) is 11.3 Å². The Labute approximate surface area is 113 Å². The quantitative estimate of drug-likeness (QED) is 0.832. The summed E-state index contributed by atoms with van der Waals surface area (Å²) in [5.74, 6) is -0.142. The van der Waals surface area contributed by atoms with Crippen molar-refractivity contribution in [2.75, 3.05) is 7.11 Å². The van der Waals surface area contributed by atoms with E-state index in [-0.39, 0.29) is 12.0 Å². The second kappa shape index (κ2) is 6.90. The second-order valence-electron chi connectivity index (χ2n) is 4.85. The van der Waals surface area contributed by atoms with Gasteiger partial charge in [0, 0.05) is 10.9 Å². The summed E-state index contributed by atoms with van der Waals surface area (Å²) in [6.07, 6.45) is 6.82. The summed E-state index contributed by atoms with van der Waals surface area (Å²) in [6.45, 7) is 0. The molecule has 0 aliphatic heterocycles. The number of thiophene rings is 1. The Hall–Kier alpha value is -0.870. The van der Waals surface area contributed by atoms with E-state index >= 15 is 0 Å². The standard InChI is InChI=1S/C14H21NO2S/c1-17-14(16)10-12(13-8-5-9-18-13)15-11-6-3-2-4-7-11/h5,8-9,11-12,15H,2-4,6-7,10H2,1H3. The lowest BCUT2D eigenvalue weighted by molar-refractivity contribution is -0.141. The molecule has 1 atom stereocenters. The Kier molecular flexibility index (Phi) is 5.20. The van der Waals surface area contributed by atoms with Crippen molar-refractivity contribution in [1.29, 1.82) is 0 Å². The van der Waals surface area contributed by atoms with Gasteiger partial charge in [0.15, 0.2) is 0 Å². The van der Waals surface area contributed by atoms with E-state index in [1.165, 1.54) is 44.1 Å². The molecule has 1 aromatic heterocycles. The molecule has 3 nitrogen and oxygen atoms in total. The molecule has 0 amide bonds. The number of carbonyl (C=O) groups excluding carboxylic acids is 1. The number of esters is 1. The van der Waals surface area contributed by atoms with Crippen molar-refractivity contribution >= 4 is 17.3 Å². The van der Waals surface area contributed by atoms with Crippen molar-refractivity contribution in [2.24, 2.45) is 0 Å². The molecule has 1 aromatic rings. The van der Waals surface area contributed by atoms with E-state index in [4.69, 9.17) is 4.74 Å². The zero-order chi connectivity index (χ0) is 12.8. The topological polar surface area (TPSA) is 38.3 Å². The van der Waals surface area contributed by atoms with Crippen LogP contribution in [0.3, 0.4) is 0 Å². The Morgan fingerprint density at radius 3 is 2.89 bits per heavy atom. The lowest BCUT2D eigenvalue weighted by atomic mass is 9.94. The van der Waals surface area contributed by atoms with Crippen LogP contribution in [0, 0.1) is 0 Å². The van der Waals surface area contributed by atoms with Gasteiger partial charge in [-0.3, -0.25) is 4.79 Å². The highest BCUT2D eigenvalue weighted by Gasteiger charge is 2.22. The molecule has 0 radical (unpaired) electrons. The van der Waals surface area contributed by atoms with Crippen LogP contribution in [0.15, 0.2) is 17.5 Å². The molecular weight excluding hydrogens is 246 g/mol. The molecule has 0 aromatic carbocycles. The van der Waals surface area contributed by atoms with Crippen molar-refractivity contribution in [3.8, 4) is 0 Å². The molecule has 0 spiro atoms. The number of hydrogen-bond acceptors (Lipinski definition) is 4. The molecule has 1 N–H and O–H groups in total. The van der Waals surface area contributed by atoms with Gasteiger partial charge in [-0.05, 0) is 24.3 Å². The molecule has 0 bridgehead atoms. The maximum Gasteiger partial charge on any atom is 0.307 e. The molecule has 100 valence electrons. The lowest BCUT2D eigenvalue weighted by Crippen LogP contribution is -2.35. The van der Waals surface area contributed by atoms with E-state index in [0.717, 1.165) is 0 Å². The van der Waals surface area contributed by atoms with Crippen molar-refractivity contribution in [3.63, 3.8) is 0 Å². The minimum absolute atomic E-state index is 0.112. The van der Waals surface area contributed by atoms with Gasteiger partial charge in [0.2, 0.25) is 0 Å². The molecule has 18 heavy (non-hydrogen) atoms. The van der Waals surface area contributed by atoms with Gasteiger partial charge in [-0.25, -0.2) is 0 Å². The first kappa shape index (κ1) is 13.6. The lowest BCUT2D eigenvalue weighted by Gasteiger charge is -2.27. The maximum atomic E-state index is 11.5. The summed E-state index contributed by atoms with van der Waals surface area (Å²) in [5.41, 5.74) is 0. The third kappa shape index (κ3) is 3.82. The van der Waals surface area contributed by atoms with Crippen LogP contribution < -0.4 is 5.32 Å². The van der Waals surface area contributed by atoms with Crippen LogP contribution in [0.5, 0.6) is 0 Å². The molecule has 1 saturated carbocycles. The monoisotopic (exact) mass is 267 g/mol. The number of methoxy groups -OCH3 is 1. The van der Waals surface area contributed by atoms with Gasteiger partial charge in [-0.2, -0.15) is 0 Å². The summed E-state index contributed by atoms with van der Waals surface area (Å²) >= 11 is 1.70. The number of carbonyl (C=O) groups is 1. The van der Waals surface area contributed by atoms with E-state index < -0.39 is 0 Å². The first-order valence-electron chi connectivity index (χ1n) is 6.66. The van der Waals surface area contributed by atoms with Gasteiger partial charge in [0.05, 0.1) is 19.6 Å². The Morgan fingerprint density at radius 2 is 2.28 bits per heavy atom. The summed E-state index contributed by atoms with van der Waals surface area (Å²) in [5, 5.41) is 5.69. The van der Waals surface area contributed by atoms with Gasteiger partial charge in [-0.1, -0.05) is 25.3 Å². The van der Waals surface area contributed by atoms with Crippen molar-refractivity contribution in [3.05, 3.63) is 22.4 Å². The summed E-state index contributed by atoms with van der Waals surface area (Å²) < 4.78 is 4.79. The normalized spacial score (nSPS) is 18.5. The molecule has 1 aliphatic rings. The number of rotatable bonds is 5. The minimum atomic E-state index is -0.142. The minimum Gasteiger partial charge on any atom is -0.469 e. The van der Waals surface area contributed by atoms with E-state index in [2.05, 4.69) is 16.8 Å². The smallest absolute Gasteiger partial charge is 0.307 e. The van der Waals surface area contributed by atoms with E-state index in [0.29, 0.717) is 12.5 Å². The fourth-order valence-electron chi connectivity index (χ4n) is 2.53. The Bertz CT molecular complexity index is 358. The van der Waals surface area contributed by atoms with Crippen molar-refractivity contribution in [1.82, 2.24) is 5.32 Å². The predicted molar refractivity (Wildman–Crippen MR) is 73.7 cm³/mol. The molecule has 4 heteroatoms.